The van der Waals surface area contributed by atoms with E-state index in [0.717, 1.165) is 0 Å². The first-order valence-electron chi connectivity index (χ1n) is 0.932. The van der Waals surface area contributed by atoms with Gasteiger partial charge in [-0.2, -0.15) is 0 Å². The van der Waals surface area contributed by atoms with Gasteiger partial charge in [0.1, 0.15) is 0 Å². The SMILES string of the molecule is O=P(S)(S)[O][Mo]. The Bertz CT molecular complexity index is 75.6. The molecule has 0 saturated heterocycles. The molecule has 0 saturated carbocycles. The average molecular weight is 225 g/mol. The summed E-state index contributed by atoms with van der Waals surface area (Å²) in [5, 5.41) is 0. The molecule has 0 radical (unpaired) electrons. The van der Waals surface area contributed by atoms with Crippen LogP contribution < -0.4 is 0 Å². The van der Waals surface area contributed by atoms with Crippen molar-refractivity contribution in [2.45, 2.75) is 0 Å². The van der Waals surface area contributed by atoms with Crippen LogP contribution in [0, 0.1) is 0 Å². The van der Waals surface area contributed by atoms with Crippen LogP contribution in [0.5, 0.6) is 0 Å². The Labute approximate surface area is 58.2 Å². The molecule has 0 unspecified atom stereocenters. The average Bonchev–Trinajstić information content (AvgIpc) is 1.35. The molecule has 0 spiro atoms. The van der Waals surface area contributed by atoms with Crippen LogP contribution in [-0.2, 0) is 27.9 Å². The van der Waals surface area contributed by atoms with Crippen LogP contribution in [0.3, 0.4) is 0 Å². The molecule has 0 aliphatic carbocycles. The fourth-order valence-corrected chi connectivity index (χ4v) is 0. The standard InChI is InChI=1S/Mo.H3O2PS2/c;1-3(2,4)5/h;(H3,1,2,4,5)/q+1;/p-1. The molecule has 0 aromatic heterocycles. The van der Waals surface area contributed by atoms with Crippen LogP contribution in [0.4, 0.5) is 0 Å². The first-order chi connectivity index (χ1) is 2.56. The summed E-state index contributed by atoms with van der Waals surface area (Å²) in [6.07, 6.45) is 0. The van der Waals surface area contributed by atoms with E-state index in [9.17, 15) is 4.57 Å². The Morgan fingerprint density at radius 2 is 1.83 bits per heavy atom. The van der Waals surface area contributed by atoms with Gasteiger partial charge in [0.2, 0.25) is 0 Å². The van der Waals surface area contributed by atoms with E-state index in [4.69, 9.17) is 0 Å². The van der Waals surface area contributed by atoms with Gasteiger partial charge in [0, 0.05) is 0 Å². The van der Waals surface area contributed by atoms with E-state index in [2.05, 4.69) is 27.7 Å². The molecular formula is H2MoO2PS2. The van der Waals surface area contributed by atoms with Gasteiger partial charge in [0.15, 0.2) is 0 Å². The van der Waals surface area contributed by atoms with E-state index in [0.29, 0.717) is 0 Å². The van der Waals surface area contributed by atoms with Crippen molar-refractivity contribution in [3.63, 3.8) is 0 Å². The van der Waals surface area contributed by atoms with Crippen molar-refractivity contribution in [3.05, 3.63) is 0 Å². The summed E-state index contributed by atoms with van der Waals surface area (Å²) in [4.78, 5) is 0. The monoisotopic (exact) mass is 227 g/mol. The van der Waals surface area contributed by atoms with E-state index in [1.54, 1.807) is 0 Å². The summed E-state index contributed by atoms with van der Waals surface area (Å²) >= 11 is 8.14. The number of hydrogen-bond donors (Lipinski definition) is 2. The van der Waals surface area contributed by atoms with Crippen LogP contribution in [0.15, 0.2) is 0 Å². The van der Waals surface area contributed by atoms with Crippen LogP contribution >= 0.6 is 30.3 Å². The minimum absolute atomic E-state index is 1.23. The zero-order chi connectivity index (χ0) is 5.21. The third-order valence-electron chi connectivity index (χ3n) is 0.0971. The molecule has 0 atom stereocenters. The quantitative estimate of drug-likeness (QED) is 0.401. The second-order valence-corrected chi connectivity index (χ2v) is 6.90. The van der Waals surface area contributed by atoms with Gasteiger partial charge in [0.05, 0.1) is 0 Å². The summed E-state index contributed by atoms with van der Waals surface area (Å²) < 4.78 is 14.3. The maximum absolute atomic E-state index is 10.1. The first kappa shape index (κ1) is 7.58. The van der Waals surface area contributed by atoms with Crippen molar-refractivity contribution in [3.8, 4) is 0 Å². The van der Waals surface area contributed by atoms with Crippen LogP contribution in [0.1, 0.15) is 0 Å². The third kappa shape index (κ3) is 5.58. The van der Waals surface area contributed by atoms with Crippen LogP contribution in [-0.4, -0.2) is 0 Å². The molecule has 0 rings (SSSR count). The van der Waals surface area contributed by atoms with Gasteiger partial charge in [-0.1, -0.05) is 0 Å². The number of rotatable bonds is 1. The van der Waals surface area contributed by atoms with Crippen molar-refractivity contribution >= 4 is 30.3 Å². The molecule has 0 amide bonds. The Morgan fingerprint density at radius 1 is 1.67 bits per heavy atom. The Kier molecular flexibility index (Phi) is 3.51. The van der Waals surface area contributed by atoms with Gasteiger partial charge in [-0.05, 0) is 0 Å². The second kappa shape index (κ2) is 2.78. The molecule has 0 bridgehead atoms. The summed E-state index contributed by atoms with van der Waals surface area (Å²) in [6, 6.07) is 0. The van der Waals surface area contributed by atoms with Gasteiger partial charge >= 0.3 is 58.2 Å². The van der Waals surface area contributed by atoms with Gasteiger partial charge in [0.25, 0.3) is 0 Å². The van der Waals surface area contributed by atoms with Crippen molar-refractivity contribution < 1.29 is 27.9 Å². The summed E-state index contributed by atoms with van der Waals surface area (Å²) in [7, 11) is 0. The number of thiol groups is 2. The van der Waals surface area contributed by atoms with Gasteiger partial charge in [-0.15, -0.1) is 0 Å². The second-order valence-electron chi connectivity index (χ2n) is 0.565. The Morgan fingerprint density at radius 3 is 1.83 bits per heavy atom. The molecule has 0 aromatic rings. The van der Waals surface area contributed by atoms with E-state index in [1.165, 1.54) is 20.2 Å². The first-order valence-corrected chi connectivity index (χ1v) is 5.68. The zero-order valence-corrected chi connectivity index (χ0v) is 7.26. The number of hydrogen-bond acceptors (Lipinski definition) is 2. The molecule has 0 fully saturated rings. The zero-order valence-electron chi connectivity index (χ0n) is 2.57. The molecule has 0 aliphatic rings. The van der Waals surface area contributed by atoms with E-state index < -0.39 is 5.77 Å². The minimum atomic E-state index is -2.75. The molecule has 6 heteroatoms. The fourth-order valence-electron chi connectivity index (χ4n) is 0. The topological polar surface area (TPSA) is 26.3 Å². The van der Waals surface area contributed by atoms with E-state index in [-0.39, 0.29) is 0 Å². The molecule has 0 aliphatic heterocycles. The maximum atomic E-state index is 10.1. The van der Waals surface area contributed by atoms with E-state index in [1.807, 2.05) is 0 Å². The van der Waals surface area contributed by atoms with Crippen molar-refractivity contribution in [1.29, 1.82) is 0 Å². The predicted molar refractivity (Wildman–Crippen MR) is 26.7 cm³/mol. The van der Waals surface area contributed by atoms with Gasteiger partial charge < -0.3 is 0 Å². The third-order valence-corrected chi connectivity index (χ3v) is 4.09. The predicted octanol–water partition coefficient (Wildman–Crippen LogP) is 1.43. The Hall–Kier alpha value is 1.58. The van der Waals surface area contributed by atoms with Crippen LogP contribution in [0.25, 0.3) is 0 Å². The van der Waals surface area contributed by atoms with Crippen LogP contribution in [0.2, 0.25) is 0 Å². The summed E-state index contributed by atoms with van der Waals surface area (Å²) in [5.74, 6) is -2.75. The Balaban J connectivity index is 3.48. The molecule has 0 heterocycles. The van der Waals surface area contributed by atoms with E-state index >= 15 is 0 Å². The fraction of sp³-hybridized carbons (Fsp3) is 0. The molecule has 2 nitrogen and oxygen atoms in total. The molecular weight excluding hydrogens is 223 g/mol. The summed E-state index contributed by atoms with van der Waals surface area (Å²) in [6.45, 7) is 0. The summed E-state index contributed by atoms with van der Waals surface area (Å²) in [5.41, 5.74) is 0. The van der Waals surface area contributed by atoms with Gasteiger partial charge in [-0.25, -0.2) is 0 Å². The molecule has 0 N–H and O–H groups in total. The van der Waals surface area contributed by atoms with Crippen molar-refractivity contribution in [1.82, 2.24) is 0 Å². The molecule has 37 valence electrons. The van der Waals surface area contributed by atoms with Gasteiger partial charge in [-0.3, -0.25) is 0 Å². The normalized spacial score (nSPS) is 11.7. The van der Waals surface area contributed by atoms with Crippen molar-refractivity contribution in [2.24, 2.45) is 0 Å². The van der Waals surface area contributed by atoms with Crippen molar-refractivity contribution in [2.75, 3.05) is 0 Å². The molecule has 0 aromatic carbocycles. The molecule has 6 heavy (non-hydrogen) atoms.